The Balaban J connectivity index is 1.53. The summed E-state index contributed by atoms with van der Waals surface area (Å²) in [6.45, 7) is 7.00. The fourth-order valence-electron chi connectivity index (χ4n) is 3.87. The van der Waals surface area contributed by atoms with E-state index in [2.05, 4.69) is 28.2 Å². The quantitative estimate of drug-likeness (QED) is 0.661. The molecular formula is C23H25ClN4O. The van der Waals surface area contributed by atoms with Crippen LogP contribution in [0.4, 0.5) is 5.69 Å². The molecule has 150 valence electrons. The van der Waals surface area contributed by atoms with Crippen LogP contribution in [0.25, 0.3) is 0 Å². The summed E-state index contributed by atoms with van der Waals surface area (Å²) in [4.78, 5) is 16.9. The molecule has 0 spiro atoms. The van der Waals surface area contributed by atoms with Gasteiger partial charge in [-0.1, -0.05) is 48.0 Å². The lowest BCUT2D eigenvalue weighted by Gasteiger charge is -2.37. The number of hydrogen-bond donors (Lipinski definition) is 0. The fraction of sp³-hybridized carbons (Fsp3) is 0.304. The SMILES string of the molecule is Cc1nn(N2CCN(c3cccc(Cl)c3)CC2)c(=O)c(C)c1Cc1ccccc1. The van der Waals surface area contributed by atoms with Gasteiger partial charge >= 0.3 is 0 Å². The van der Waals surface area contributed by atoms with Crippen molar-refractivity contribution >= 4 is 17.3 Å². The highest BCUT2D eigenvalue weighted by Gasteiger charge is 2.21. The maximum atomic E-state index is 13.1. The second kappa shape index (κ2) is 8.29. The van der Waals surface area contributed by atoms with Crippen molar-refractivity contribution in [2.75, 3.05) is 36.1 Å². The molecule has 1 aliphatic rings. The van der Waals surface area contributed by atoms with E-state index in [1.54, 1.807) is 4.79 Å². The van der Waals surface area contributed by atoms with E-state index >= 15 is 0 Å². The Morgan fingerprint density at radius 1 is 0.966 bits per heavy atom. The summed E-state index contributed by atoms with van der Waals surface area (Å²) in [5.41, 5.74) is 4.98. The Morgan fingerprint density at radius 3 is 2.38 bits per heavy atom. The normalized spacial score (nSPS) is 14.3. The van der Waals surface area contributed by atoms with Gasteiger partial charge in [-0.05, 0) is 49.6 Å². The maximum Gasteiger partial charge on any atom is 0.289 e. The summed E-state index contributed by atoms with van der Waals surface area (Å²) in [6.07, 6.45) is 0.726. The largest absolute Gasteiger partial charge is 0.368 e. The van der Waals surface area contributed by atoms with E-state index in [4.69, 9.17) is 11.6 Å². The summed E-state index contributed by atoms with van der Waals surface area (Å²) in [5.74, 6) is 0. The first-order valence-corrected chi connectivity index (χ1v) is 10.3. The molecule has 1 aliphatic heterocycles. The van der Waals surface area contributed by atoms with Crippen LogP contribution in [0.3, 0.4) is 0 Å². The van der Waals surface area contributed by atoms with Crippen molar-refractivity contribution in [2.45, 2.75) is 20.3 Å². The number of benzene rings is 2. The molecule has 1 saturated heterocycles. The molecule has 0 atom stereocenters. The number of halogens is 1. The third-order valence-corrected chi connectivity index (χ3v) is 5.79. The summed E-state index contributed by atoms with van der Waals surface area (Å²) in [5, 5.41) is 7.43. The Hall–Kier alpha value is -2.79. The monoisotopic (exact) mass is 408 g/mol. The Labute approximate surface area is 176 Å². The van der Waals surface area contributed by atoms with Crippen LogP contribution in [0.15, 0.2) is 59.4 Å². The number of anilines is 1. The van der Waals surface area contributed by atoms with Gasteiger partial charge in [-0.3, -0.25) is 9.80 Å². The van der Waals surface area contributed by atoms with Crippen LogP contribution in [-0.4, -0.2) is 36.1 Å². The highest BCUT2D eigenvalue weighted by atomic mass is 35.5. The summed E-state index contributed by atoms with van der Waals surface area (Å²) < 4.78 is 0. The van der Waals surface area contributed by atoms with Crippen molar-refractivity contribution < 1.29 is 0 Å². The number of aromatic nitrogens is 2. The molecule has 4 rings (SSSR count). The molecule has 0 saturated carbocycles. The van der Waals surface area contributed by atoms with Gasteiger partial charge in [-0.15, -0.1) is 4.79 Å². The highest BCUT2D eigenvalue weighted by Crippen LogP contribution is 2.20. The van der Waals surface area contributed by atoms with Gasteiger partial charge in [0.25, 0.3) is 5.56 Å². The van der Waals surface area contributed by atoms with E-state index in [1.165, 1.54) is 5.56 Å². The summed E-state index contributed by atoms with van der Waals surface area (Å²) in [7, 11) is 0. The van der Waals surface area contributed by atoms with E-state index in [0.717, 1.165) is 60.1 Å². The van der Waals surface area contributed by atoms with Gasteiger partial charge in [0.15, 0.2) is 0 Å². The van der Waals surface area contributed by atoms with E-state index in [0.29, 0.717) is 0 Å². The molecular weight excluding hydrogens is 384 g/mol. The van der Waals surface area contributed by atoms with E-state index in [9.17, 15) is 4.79 Å². The fourth-order valence-corrected chi connectivity index (χ4v) is 4.05. The first kappa shape index (κ1) is 19.5. The predicted octanol–water partition coefficient (Wildman–Crippen LogP) is 3.56. The van der Waals surface area contributed by atoms with Gasteiger partial charge < -0.3 is 4.90 Å². The van der Waals surface area contributed by atoms with Gasteiger partial charge in [0.1, 0.15) is 0 Å². The Bertz CT molecular complexity index is 1060. The van der Waals surface area contributed by atoms with Gasteiger partial charge in [-0.25, -0.2) is 0 Å². The first-order chi connectivity index (χ1) is 14.0. The second-order valence-corrected chi connectivity index (χ2v) is 7.90. The second-order valence-electron chi connectivity index (χ2n) is 7.47. The lowest BCUT2D eigenvalue weighted by Crippen LogP contribution is -2.55. The van der Waals surface area contributed by atoms with Crippen LogP contribution in [0.1, 0.15) is 22.4 Å². The zero-order chi connectivity index (χ0) is 20.4. The third kappa shape index (κ3) is 4.15. The minimum Gasteiger partial charge on any atom is -0.368 e. The van der Waals surface area contributed by atoms with Gasteiger partial charge in [-0.2, -0.15) is 5.10 Å². The van der Waals surface area contributed by atoms with Crippen LogP contribution < -0.4 is 15.5 Å². The summed E-state index contributed by atoms with van der Waals surface area (Å²) in [6, 6.07) is 18.1. The number of aryl methyl sites for hydroxylation is 1. The van der Waals surface area contributed by atoms with Gasteiger partial charge in [0.05, 0.1) is 18.8 Å². The predicted molar refractivity (Wildman–Crippen MR) is 119 cm³/mol. The van der Waals surface area contributed by atoms with Crippen LogP contribution >= 0.6 is 11.6 Å². The van der Waals surface area contributed by atoms with E-state index in [-0.39, 0.29) is 5.56 Å². The number of rotatable bonds is 4. The molecule has 5 nitrogen and oxygen atoms in total. The smallest absolute Gasteiger partial charge is 0.289 e. The Morgan fingerprint density at radius 2 is 1.69 bits per heavy atom. The highest BCUT2D eigenvalue weighted by molar-refractivity contribution is 6.30. The molecule has 1 fully saturated rings. The van der Waals surface area contributed by atoms with Crippen molar-refractivity contribution in [3.05, 3.63) is 92.4 Å². The standard InChI is InChI=1S/C23H25ClN4O/c1-17-22(15-19-7-4-3-5-8-19)18(2)25-28(23(17)29)27-13-11-26(12-14-27)21-10-6-9-20(24)16-21/h3-10,16H,11-15H2,1-2H3. The van der Waals surface area contributed by atoms with Crippen molar-refractivity contribution in [2.24, 2.45) is 0 Å². The number of piperazine rings is 1. The molecule has 0 amide bonds. The molecule has 0 radical (unpaired) electrons. The molecule has 1 aromatic heterocycles. The molecule has 6 heteroatoms. The van der Waals surface area contributed by atoms with Crippen molar-refractivity contribution in [3.63, 3.8) is 0 Å². The van der Waals surface area contributed by atoms with E-state index in [1.807, 2.05) is 55.3 Å². The van der Waals surface area contributed by atoms with Crippen LogP contribution in [0.2, 0.25) is 5.02 Å². The van der Waals surface area contributed by atoms with Gasteiger partial charge in [0.2, 0.25) is 0 Å². The molecule has 3 aromatic rings. The molecule has 2 heterocycles. The average molecular weight is 409 g/mol. The van der Waals surface area contributed by atoms with Crippen LogP contribution in [0.5, 0.6) is 0 Å². The zero-order valence-corrected chi connectivity index (χ0v) is 17.6. The van der Waals surface area contributed by atoms with Crippen molar-refractivity contribution in [1.82, 2.24) is 9.89 Å². The maximum absolute atomic E-state index is 13.1. The average Bonchev–Trinajstić information content (AvgIpc) is 2.75. The van der Waals surface area contributed by atoms with E-state index < -0.39 is 0 Å². The first-order valence-electron chi connectivity index (χ1n) is 9.92. The van der Waals surface area contributed by atoms with Crippen molar-refractivity contribution in [1.29, 1.82) is 0 Å². The summed E-state index contributed by atoms with van der Waals surface area (Å²) >= 11 is 6.12. The molecule has 0 aliphatic carbocycles. The number of hydrogen-bond acceptors (Lipinski definition) is 4. The minimum absolute atomic E-state index is 0.0299. The molecule has 0 unspecified atom stereocenters. The molecule has 2 aromatic carbocycles. The zero-order valence-electron chi connectivity index (χ0n) is 16.8. The third-order valence-electron chi connectivity index (χ3n) is 5.56. The Kier molecular flexibility index (Phi) is 5.58. The molecule has 29 heavy (non-hydrogen) atoms. The minimum atomic E-state index is -0.0299. The molecule has 0 bridgehead atoms. The lowest BCUT2D eigenvalue weighted by molar-refractivity contribution is 0.464. The molecule has 0 N–H and O–H groups in total. The van der Waals surface area contributed by atoms with Crippen molar-refractivity contribution in [3.8, 4) is 0 Å². The topological polar surface area (TPSA) is 41.4 Å². The van der Waals surface area contributed by atoms with Gasteiger partial charge in [0, 0.05) is 29.4 Å². The van der Waals surface area contributed by atoms with Crippen LogP contribution in [0, 0.1) is 13.8 Å². The lowest BCUT2D eigenvalue weighted by atomic mass is 10.0. The number of nitrogens with zero attached hydrogens (tertiary/aromatic N) is 4. The van der Waals surface area contributed by atoms with Crippen LogP contribution in [-0.2, 0) is 6.42 Å².